The van der Waals surface area contributed by atoms with Crippen molar-refractivity contribution in [3.63, 3.8) is 0 Å². The Morgan fingerprint density at radius 1 is 1.60 bits per heavy atom. The summed E-state index contributed by atoms with van der Waals surface area (Å²) in [6.07, 6.45) is 1.41. The predicted molar refractivity (Wildman–Crippen MR) is 51.6 cm³/mol. The average Bonchev–Trinajstić information content (AvgIpc) is 2.63. The highest BCUT2D eigenvalue weighted by Crippen LogP contribution is 2.12. The minimum absolute atomic E-state index is 0.0202. The molecule has 0 aromatic carbocycles. The molecule has 0 radical (unpaired) electrons. The molecule has 2 aromatic rings. The third-order valence-electron chi connectivity index (χ3n) is 2.22. The molecule has 0 aliphatic rings. The van der Waals surface area contributed by atoms with Gasteiger partial charge < -0.3 is 9.51 Å². The fraction of sp³-hybridized carbons (Fsp3) is 0.100. The number of rotatable bonds is 1. The van der Waals surface area contributed by atoms with Crippen molar-refractivity contribution >= 4 is 11.6 Å². The monoisotopic (exact) mass is 201 g/mol. The first-order chi connectivity index (χ1) is 7.13. The van der Waals surface area contributed by atoms with Crippen molar-refractivity contribution in [1.29, 1.82) is 5.26 Å². The first kappa shape index (κ1) is 9.21. The van der Waals surface area contributed by atoms with Gasteiger partial charge in [-0.3, -0.25) is 0 Å². The number of pyridine rings is 1. The number of nitriles is 1. The fourth-order valence-electron chi connectivity index (χ4n) is 1.41. The Labute approximate surface area is 85.2 Å². The molecule has 0 aliphatic heterocycles. The van der Waals surface area contributed by atoms with E-state index in [-0.39, 0.29) is 5.69 Å². The molecule has 0 saturated heterocycles. The van der Waals surface area contributed by atoms with Crippen LogP contribution in [0.1, 0.15) is 21.7 Å². The van der Waals surface area contributed by atoms with Crippen LogP contribution in [0.2, 0.25) is 0 Å². The summed E-state index contributed by atoms with van der Waals surface area (Å²) < 4.78 is 1.60. The molecule has 0 bridgehead atoms. The molecule has 2 rings (SSSR count). The van der Waals surface area contributed by atoms with E-state index < -0.39 is 5.97 Å². The van der Waals surface area contributed by atoms with Crippen LogP contribution in [0.3, 0.4) is 0 Å². The summed E-state index contributed by atoms with van der Waals surface area (Å²) >= 11 is 0. The molecule has 5 nitrogen and oxygen atoms in total. The summed E-state index contributed by atoms with van der Waals surface area (Å²) in [5, 5.41) is 17.6. The van der Waals surface area contributed by atoms with Gasteiger partial charge in [0.25, 0.3) is 0 Å². The van der Waals surface area contributed by atoms with Crippen LogP contribution in [0.25, 0.3) is 5.65 Å². The van der Waals surface area contributed by atoms with Crippen LogP contribution < -0.4 is 0 Å². The number of hydrogen-bond donors (Lipinski definition) is 1. The number of aromatic nitrogens is 2. The van der Waals surface area contributed by atoms with Gasteiger partial charge in [0.05, 0.1) is 5.56 Å². The Morgan fingerprint density at radius 3 is 2.93 bits per heavy atom. The zero-order valence-electron chi connectivity index (χ0n) is 7.93. The van der Waals surface area contributed by atoms with E-state index in [0.717, 1.165) is 0 Å². The minimum atomic E-state index is -1.07. The third-order valence-corrected chi connectivity index (χ3v) is 2.22. The first-order valence-electron chi connectivity index (χ1n) is 4.25. The number of imidazole rings is 1. The Hall–Kier alpha value is -2.35. The summed E-state index contributed by atoms with van der Waals surface area (Å²) in [5.74, 6) is -1.07. The predicted octanol–water partition coefficient (Wildman–Crippen LogP) is 1.21. The van der Waals surface area contributed by atoms with E-state index in [9.17, 15) is 4.79 Å². The van der Waals surface area contributed by atoms with Crippen molar-refractivity contribution in [1.82, 2.24) is 9.38 Å². The van der Waals surface area contributed by atoms with Gasteiger partial charge >= 0.3 is 5.97 Å². The van der Waals surface area contributed by atoms with Gasteiger partial charge in [-0.15, -0.1) is 0 Å². The molecule has 0 spiro atoms. The third kappa shape index (κ3) is 1.32. The number of carboxylic acid groups (broad SMARTS) is 1. The molecular formula is C10H7N3O2. The molecule has 0 amide bonds. The Kier molecular flexibility index (Phi) is 1.90. The molecule has 0 unspecified atom stereocenters. The van der Waals surface area contributed by atoms with Crippen molar-refractivity contribution in [2.24, 2.45) is 0 Å². The van der Waals surface area contributed by atoms with E-state index in [2.05, 4.69) is 4.98 Å². The largest absolute Gasteiger partial charge is 0.476 e. The van der Waals surface area contributed by atoms with Crippen LogP contribution in [0.5, 0.6) is 0 Å². The lowest BCUT2D eigenvalue weighted by Gasteiger charge is -1.99. The van der Waals surface area contributed by atoms with Crippen LogP contribution in [-0.2, 0) is 0 Å². The Balaban J connectivity index is 2.78. The summed E-state index contributed by atoms with van der Waals surface area (Å²) in [4.78, 5) is 14.6. The highest BCUT2D eigenvalue weighted by molar-refractivity contribution is 5.86. The van der Waals surface area contributed by atoms with Gasteiger partial charge in [0.2, 0.25) is 0 Å². The minimum Gasteiger partial charge on any atom is -0.476 e. The second-order valence-corrected chi connectivity index (χ2v) is 3.10. The lowest BCUT2D eigenvalue weighted by Crippen LogP contribution is -1.95. The van der Waals surface area contributed by atoms with E-state index in [1.807, 2.05) is 6.07 Å². The van der Waals surface area contributed by atoms with Gasteiger partial charge in [-0.05, 0) is 19.1 Å². The van der Waals surface area contributed by atoms with Gasteiger partial charge in [0.1, 0.15) is 11.7 Å². The Morgan fingerprint density at radius 2 is 2.33 bits per heavy atom. The highest BCUT2D eigenvalue weighted by Gasteiger charge is 2.10. The van der Waals surface area contributed by atoms with E-state index in [0.29, 0.717) is 16.9 Å². The van der Waals surface area contributed by atoms with Crippen LogP contribution in [0.15, 0.2) is 18.3 Å². The van der Waals surface area contributed by atoms with E-state index in [1.54, 1.807) is 23.5 Å². The molecular weight excluding hydrogens is 194 g/mol. The number of carboxylic acids is 1. The highest BCUT2D eigenvalue weighted by atomic mass is 16.4. The number of nitrogens with zero attached hydrogens (tertiary/aromatic N) is 3. The number of fused-ring (bicyclic) bond motifs is 1. The maximum atomic E-state index is 10.7. The molecule has 0 fully saturated rings. The van der Waals surface area contributed by atoms with Gasteiger partial charge in [-0.1, -0.05) is 0 Å². The molecule has 1 N–H and O–H groups in total. The SMILES string of the molecule is Cc1c(C#N)ccc2nc(C(=O)O)cn12. The van der Waals surface area contributed by atoms with E-state index in [1.165, 1.54) is 6.20 Å². The smallest absolute Gasteiger partial charge is 0.356 e. The van der Waals surface area contributed by atoms with Crippen LogP contribution in [0.4, 0.5) is 0 Å². The topological polar surface area (TPSA) is 78.4 Å². The maximum absolute atomic E-state index is 10.7. The lowest BCUT2D eigenvalue weighted by molar-refractivity contribution is 0.0691. The molecule has 2 heterocycles. The first-order valence-corrected chi connectivity index (χ1v) is 4.25. The van der Waals surface area contributed by atoms with Crippen LogP contribution in [0, 0.1) is 18.3 Å². The van der Waals surface area contributed by atoms with Gasteiger partial charge in [0.15, 0.2) is 5.69 Å². The van der Waals surface area contributed by atoms with Gasteiger partial charge in [0, 0.05) is 11.9 Å². The molecule has 2 aromatic heterocycles. The standard InChI is InChI=1S/C10H7N3O2/c1-6-7(4-11)2-3-9-12-8(10(14)15)5-13(6)9/h2-3,5H,1H3,(H,14,15). The zero-order chi connectivity index (χ0) is 11.0. The molecule has 0 saturated carbocycles. The zero-order valence-corrected chi connectivity index (χ0v) is 7.93. The maximum Gasteiger partial charge on any atom is 0.356 e. The molecule has 15 heavy (non-hydrogen) atoms. The van der Waals surface area contributed by atoms with Gasteiger partial charge in [-0.2, -0.15) is 5.26 Å². The van der Waals surface area contributed by atoms with Crippen molar-refractivity contribution in [3.05, 3.63) is 35.3 Å². The summed E-state index contributed by atoms with van der Waals surface area (Å²) in [6.45, 7) is 1.75. The number of aryl methyl sites for hydroxylation is 1. The second kappa shape index (κ2) is 3.10. The Bertz CT molecular complexity index is 592. The molecule has 74 valence electrons. The van der Waals surface area contributed by atoms with E-state index in [4.69, 9.17) is 10.4 Å². The number of aromatic carboxylic acids is 1. The molecule has 0 aliphatic carbocycles. The van der Waals surface area contributed by atoms with Crippen LogP contribution >= 0.6 is 0 Å². The van der Waals surface area contributed by atoms with Crippen molar-refractivity contribution in [2.45, 2.75) is 6.92 Å². The number of hydrogen-bond acceptors (Lipinski definition) is 3. The summed E-state index contributed by atoms with van der Waals surface area (Å²) in [6, 6.07) is 5.28. The quantitative estimate of drug-likeness (QED) is 0.752. The fourth-order valence-corrected chi connectivity index (χ4v) is 1.41. The normalized spacial score (nSPS) is 10.1. The van der Waals surface area contributed by atoms with Crippen molar-refractivity contribution in [3.8, 4) is 6.07 Å². The van der Waals surface area contributed by atoms with Gasteiger partial charge in [-0.25, -0.2) is 9.78 Å². The summed E-state index contributed by atoms with van der Waals surface area (Å²) in [5.41, 5.74) is 1.71. The number of carbonyl (C=O) groups is 1. The van der Waals surface area contributed by atoms with Crippen molar-refractivity contribution in [2.75, 3.05) is 0 Å². The average molecular weight is 201 g/mol. The van der Waals surface area contributed by atoms with Crippen LogP contribution in [-0.4, -0.2) is 20.5 Å². The second-order valence-electron chi connectivity index (χ2n) is 3.10. The summed E-state index contributed by atoms with van der Waals surface area (Å²) in [7, 11) is 0. The molecule has 0 atom stereocenters. The van der Waals surface area contributed by atoms with Crippen molar-refractivity contribution < 1.29 is 9.90 Å². The lowest BCUT2D eigenvalue weighted by atomic mass is 10.2. The van der Waals surface area contributed by atoms with E-state index >= 15 is 0 Å². The molecule has 5 heteroatoms.